The first-order valence-electron chi connectivity index (χ1n) is 8.54. The van der Waals surface area contributed by atoms with E-state index in [9.17, 15) is 0 Å². The largest absolute Gasteiger partial charge is 0.367 e. The van der Waals surface area contributed by atoms with Crippen molar-refractivity contribution in [1.82, 2.24) is 5.32 Å². The molecule has 1 aliphatic rings. The zero-order valence-electron chi connectivity index (χ0n) is 14.4. The van der Waals surface area contributed by atoms with Crippen LogP contribution in [0.4, 0.5) is 5.69 Å². The number of nitrogens with zero attached hydrogens (tertiary/aromatic N) is 1. The summed E-state index contributed by atoms with van der Waals surface area (Å²) in [7, 11) is 0. The van der Waals surface area contributed by atoms with Crippen LogP contribution in [-0.2, 0) is 0 Å². The van der Waals surface area contributed by atoms with Crippen molar-refractivity contribution in [1.29, 1.82) is 0 Å². The molecule has 0 saturated heterocycles. The van der Waals surface area contributed by atoms with E-state index in [1.54, 1.807) is 0 Å². The summed E-state index contributed by atoms with van der Waals surface area (Å²) in [4.78, 5) is 2.63. The normalized spacial score (nSPS) is 24.8. The molecule has 0 amide bonds. The average Bonchev–Trinajstić information content (AvgIpc) is 2.44. The Morgan fingerprint density at radius 3 is 2.57 bits per heavy atom. The van der Waals surface area contributed by atoms with Gasteiger partial charge in [-0.2, -0.15) is 0 Å². The molecule has 1 N–H and O–H groups in total. The molecule has 1 aliphatic carbocycles. The SMILES string of the molecule is CCNC1CCC(C)(C)CC1N(CC)c1ccccc1C. The number of nitrogens with one attached hydrogen (secondary N) is 1. The fourth-order valence-electron chi connectivity index (χ4n) is 3.85. The maximum Gasteiger partial charge on any atom is 0.0448 e. The fraction of sp³-hybridized carbons (Fsp3) is 0.684. The predicted molar refractivity (Wildman–Crippen MR) is 93.1 cm³/mol. The lowest BCUT2D eigenvalue weighted by Gasteiger charge is -2.47. The summed E-state index contributed by atoms with van der Waals surface area (Å²) in [5.41, 5.74) is 3.25. The minimum absolute atomic E-state index is 0.451. The van der Waals surface area contributed by atoms with Gasteiger partial charge < -0.3 is 10.2 Å². The van der Waals surface area contributed by atoms with Crippen molar-refractivity contribution in [3.8, 4) is 0 Å². The molecule has 2 rings (SSSR count). The zero-order valence-corrected chi connectivity index (χ0v) is 14.4. The van der Waals surface area contributed by atoms with Crippen molar-refractivity contribution in [2.45, 2.75) is 66.0 Å². The highest BCUT2D eigenvalue weighted by atomic mass is 15.2. The molecule has 1 aromatic rings. The Bertz CT molecular complexity index is 453. The monoisotopic (exact) mass is 288 g/mol. The molecule has 0 radical (unpaired) electrons. The van der Waals surface area contributed by atoms with Crippen LogP contribution in [0.15, 0.2) is 24.3 Å². The van der Waals surface area contributed by atoms with Crippen LogP contribution in [0.25, 0.3) is 0 Å². The van der Waals surface area contributed by atoms with Crippen LogP contribution in [0.2, 0.25) is 0 Å². The fourth-order valence-corrected chi connectivity index (χ4v) is 3.85. The van der Waals surface area contributed by atoms with Gasteiger partial charge in [-0.05, 0) is 56.7 Å². The topological polar surface area (TPSA) is 15.3 Å². The second kappa shape index (κ2) is 6.83. The Hall–Kier alpha value is -1.02. The molecule has 0 aliphatic heterocycles. The van der Waals surface area contributed by atoms with Gasteiger partial charge in [0.05, 0.1) is 0 Å². The quantitative estimate of drug-likeness (QED) is 0.865. The van der Waals surface area contributed by atoms with Crippen molar-refractivity contribution in [2.24, 2.45) is 5.41 Å². The maximum absolute atomic E-state index is 3.73. The summed E-state index contributed by atoms with van der Waals surface area (Å²) in [6.45, 7) is 13.7. The molecule has 2 atom stereocenters. The highest BCUT2D eigenvalue weighted by Crippen LogP contribution is 2.39. The molecular formula is C19H32N2. The first-order valence-corrected chi connectivity index (χ1v) is 8.54. The number of hydrogen-bond acceptors (Lipinski definition) is 2. The van der Waals surface area contributed by atoms with E-state index in [2.05, 4.69) is 69.1 Å². The highest BCUT2D eigenvalue weighted by molar-refractivity contribution is 5.54. The average molecular weight is 288 g/mol. The summed E-state index contributed by atoms with van der Waals surface area (Å²) < 4.78 is 0. The summed E-state index contributed by atoms with van der Waals surface area (Å²) in [5, 5.41) is 3.73. The van der Waals surface area contributed by atoms with Crippen LogP contribution in [0, 0.1) is 12.3 Å². The van der Waals surface area contributed by atoms with Crippen LogP contribution in [-0.4, -0.2) is 25.2 Å². The first-order chi connectivity index (χ1) is 9.98. The minimum atomic E-state index is 0.451. The Kier molecular flexibility index (Phi) is 5.32. The third-order valence-corrected chi connectivity index (χ3v) is 4.99. The number of para-hydroxylation sites is 1. The van der Waals surface area contributed by atoms with Crippen LogP contribution in [0.1, 0.15) is 52.5 Å². The lowest BCUT2D eigenvalue weighted by molar-refractivity contribution is 0.176. The Labute approximate surface area is 130 Å². The van der Waals surface area contributed by atoms with Crippen molar-refractivity contribution < 1.29 is 0 Å². The van der Waals surface area contributed by atoms with E-state index in [4.69, 9.17) is 0 Å². The van der Waals surface area contributed by atoms with Gasteiger partial charge in [0.1, 0.15) is 0 Å². The van der Waals surface area contributed by atoms with Crippen molar-refractivity contribution >= 4 is 5.69 Å². The summed E-state index contributed by atoms with van der Waals surface area (Å²) in [5.74, 6) is 0. The van der Waals surface area contributed by atoms with E-state index in [-0.39, 0.29) is 0 Å². The van der Waals surface area contributed by atoms with E-state index in [0.29, 0.717) is 17.5 Å². The van der Waals surface area contributed by atoms with Gasteiger partial charge in [0.2, 0.25) is 0 Å². The number of anilines is 1. The minimum Gasteiger partial charge on any atom is -0.367 e. The van der Waals surface area contributed by atoms with E-state index in [0.717, 1.165) is 13.1 Å². The zero-order chi connectivity index (χ0) is 15.5. The standard InChI is InChI=1S/C19H32N2/c1-6-20-16-12-13-19(4,5)14-18(16)21(7-2)17-11-9-8-10-15(17)3/h8-11,16,18,20H,6-7,12-14H2,1-5H3. The molecule has 2 unspecified atom stereocenters. The second-order valence-electron chi connectivity index (χ2n) is 7.21. The van der Waals surface area contributed by atoms with Crippen molar-refractivity contribution in [3.63, 3.8) is 0 Å². The van der Waals surface area contributed by atoms with Gasteiger partial charge in [0.15, 0.2) is 0 Å². The third kappa shape index (κ3) is 3.79. The van der Waals surface area contributed by atoms with Crippen LogP contribution in [0.5, 0.6) is 0 Å². The molecule has 1 aromatic carbocycles. The maximum atomic E-state index is 3.73. The lowest BCUT2D eigenvalue weighted by Crippen LogP contribution is -2.55. The number of rotatable bonds is 5. The van der Waals surface area contributed by atoms with Gasteiger partial charge in [-0.3, -0.25) is 0 Å². The Balaban J connectivity index is 2.30. The molecule has 118 valence electrons. The molecule has 0 heterocycles. The second-order valence-corrected chi connectivity index (χ2v) is 7.21. The van der Waals surface area contributed by atoms with E-state index in [1.807, 2.05) is 0 Å². The van der Waals surface area contributed by atoms with Crippen LogP contribution in [0.3, 0.4) is 0 Å². The van der Waals surface area contributed by atoms with E-state index < -0.39 is 0 Å². The van der Waals surface area contributed by atoms with Gasteiger partial charge in [-0.15, -0.1) is 0 Å². The number of aryl methyl sites for hydroxylation is 1. The van der Waals surface area contributed by atoms with Crippen LogP contribution < -0.4 is 10.2 Å². The molecule has 1 fully saturated rings. The van der Waals surface area contributed by atoms with E-state index in [1.165, 1.54) is 30.5 Å². The van der Waals surface area contributed by atoms with E-state index >= 15 is 0 Å². The summed E-state index contributed by atoms with van der Waals surface area (Å²) in [6, 6.07) is 10.0. The molecule has 2 nitrogen and oxygen atoms in total. The summed E-state index contributed by atoms with van der Waals surface area (Å²) >= 11 is 0. The third-order valence-electron chi connectivity index (χ3n) is 4.99. The molecule has 0 aromatic heterocycles. The van der Waals surface area contributed by atoms with Gasteiger partial charge in [-0.25, -0.2) is 0 Å². The Morgan fingerprint density at radius 2 is 1.95 bits per heavy atom. The highest BCUT2D eigenvalue weighted by Gasteiger charge is 2.37. The van der Waals surface area contributed by atoms with Crippen LogP contribution >= 0.6 is 0 Å². The molecule has 1 saturated carbocycles. The Morgan fingerprint density at radius 1 is 1.24 bits per heavy atom. The van der Waals surface area contributed by atoms with Crippen molar-refractivity contribution in [2.75, 3.05) is 18.0 Å². The molecule has 0 spiro atoms. The molecule has 21 heavy (non-hydrogen) atoms. The predicted octanol–water partition coefficient (Wildman–Crippen LogP) is 4.38. The molecule has 0 bridgehead atoms. The first kappa shape index (κ1) is 16.4. The van der Waals surface area contributed by atoms with Crippen molar-refractivity contribution in [3.05, 3.63) is 29.8 Å². The number of hydrogen-bond donors (Lipinski definition) is 1. The molecule has 2 heteroatoms. The van der Waals surface area contributed by atoms with Gasteiger partial charge in [-0.1, -0.05) is 39.0 Å². The van der Waals surface area contributed by atoms with Gasteiger partial charge >= 0.3 is 0 Å². The smallest absolute Gasteiger partial charge is 0.0448 e. The lowest BCUT2D eigenvalue weighted by atomic mass is 9.72. The number of benzene rings is 1. The summed E-state index contributed by atoms with van der Waals surface area (Å²) in [6.07, 6.45) is 3.88. The molecular weight excluding hydrogens is 256 g/mol. The van der Waals surface area contributed by atoms with Gasteiger partial charge in [0, 0.05) is 24.3 Å². The number of likely N-dealkylation sites (N-methyl/N-ethyl adjacent to an activating group) is 2. The van der Waals surface area contributed by atoms with Gasteiger partial charge in [0.25, 0.3) is 0 Å².